The van der Waals surface area contributed by atoms with Crippen molar-refractivity contribution < 1.29 is 4.43 Å². The van der Waals surface area contributed by atoms with Gasteiger partial charge in [-0.1, -0.05) is 20.3 Å². The molecule has 0 aliphatic carbocycles. The number of allylic oxidation sites excluding steroid dienone is 2. The molecule has 1 nitrogen and oxygen atoms in total. The second-order valence-corrected chi connectivity index (χ2v) is 9.30. The van der Waals surface area contributed by atoms with Crippen molar-refractivity contribution in [2.45, 2.75) is 66.1 Å². The van der Waals surface area contributed by atoms with Gasteiger partial charge in [-0.25, -0.2) is 0 Å². The fourth-order valence-corrected chi connectivity index (χ4v) is 2.47. The third-order valence-corrected chi connectivity index (χ3v) is 2.99. The molecular formula is C12H26OSi. The van der Waals surface area contributed by atoms with Crippen molar-refractivity contribution in [2.75, 3.05) is 0 Å². The zero-order valence-corrected chi connectivity index (χ0v) is 11.7. The summed E-state index contributed by atoms with van der Waals surface area (Å²) in [7, 11) is -1.40. The van der Waals surface area contributed by atoms with E-state index in [-0.39, 0.29) is 0 Å². The van der Waals surface area contributed by atoms with E-state index in [2.05, 4.69) is 40.4 Å². The Bertz CT molecular complexity index is 189. The maximum absolute atomic E-state index is 6.06. The largest absolute Gasteiger partial charge is 0.547 e. The maximum atomic E-state index is 6.06. The van der Waals surface area contributed by atoms with Crippen LogP contribution in [0.15, 0.2) is 11.3 Å². The summed E-state index contributed by atoms with van der Waals surface area (Å²) in [4.78, 5) is 0. The van der Waals surface area contributed by atoms with Crippen LogP contribution in [0.2, 0.25) is 19.6 Å². The average molecular weight is 214 g/mol. The minimum atomic E-state index is -1.40. The average Bonchev–Trinajstić information content (AvgIpc) is 2.08. The van der Waals surface area contributed by atoms with Crippen LogP contribution in [0.4, 0.5) is 0 Å². The molecule has 0 amide bonds. The predicted molar refractivity (Wildman–Crippen MR) is 66.9 cm³/mol. The lowest BCUT2D eigenvalue weighted by atomic mass is 10.1. The molecule has 0 saturated heterocycles. The van der Waals surface area contributed by atoms with Gasteiger partial charge in [0, 0.05) is 6.42 Å². The third-order valence-electron chi connectivity index (χ3n) is 2.13. The highest BCUT2D eigenvalue weighted by atomic mass is 28.4. The van der Waals surface area contributed by atoms with Gasteiger partial charge in [0.05, 0.1) is 5.76 Å². The molecule has 84 valence electrons. The molecule has 0 atom stereocenters. The van der Waals surface area contributed by atoms with E-state index in [9.17, 15) is 0 Å². The third kappa shape index (κ3) is 6.25. The minimum Gasteiger partial charge on any atom is -0.547 e. The molecule has 0 bridgehead atoms. The summed E-state index contributed by atoms with van der Waals surface area (Å²) in [5.74, 6) is 1.25. The molecule has 0 aromatic heterocycles. The quantitative estimate of drug-likeness (QED) is 0.459. The smallest absolute Gasteiger partial charge is 0.241 e. The highest BCUT2D eigenvalue weighted by Crippen LogP contribution is 2.20. The first-order valence-electron chi connectivity index (χ1n) is 5.78. The summed E-state index contributed by atoms with van der Waals surface area (Å²) in [6.07, 6.45) is 4.79. The molecule has 0 heterocycles. The van der Waals surface area contributed by atoms with Gasteiger partial charge in [-0.15, -0.1) is 0 Å². The van der Waals surface area contributed by atoms with Crippen LogP contribution in [-0.2, 0) is 4.43 Å². The molecule has 0 aliphatic heterocycles. The normalized spacial score (nSPS) is 13.9. The van der Waals surface area contributed by atoms with Gasteiger partial charge in [-0.05, 0) is 45.0 Å². The summed E-state index contributed by atoms with van der Waals surface area (Å²) in [5.41, 5.74) is 1.46. The molecule has 0 N–H and O–H groups in total. The predicted octanol–water partition coefficient (Wildman–Crippen LogP) is 4.71. The van der Waals surface area contributed by atoms with Gasteiger partial charge in [0.25, 0.3) is 0 Å². The van der Waals surface area contributed by atoms with Crippen molar-refractivity contribution in [3.63, 3.8) is 0 Å². The van der Waals surface area contributed by atoms with Gasteiger partial charge in [0.1, 0.15) is 0 Å². The Kier molecular flexibility index (Phi) is 6.17. The summed E-state index contributed by atoms with van der Waals surface area (Å²) >= 11 is 0. The molecule has 0 spiro atoms. The van der Waals surface area contributed by atoms with Gasteiger partial charge in [-0.3, -0.25) is 0 Å². The molecule has 0 unspecified atom stereocenters. The molecule has 0 fully saturated rings. The lowest BCUT2D eigenvalue weighted by molar-refractivity contribution is 0.395. The number of rotatable bonds is 6. The van der Waals surface area contributed by atoms with Crippen LogP contribution in [0.1, 0.15) is 46.5 Å². The second-order valence-electron chi connectivity index (χ2n) is 4.88. The van der Waals surface area contributed by atoms with Crippen molar-refractivity contribution in [3.05, 3.63) is 11.3 Å². The van der Waals surface area contributed by atoms with E-state index in [4.69, 9.17) is 4.43 Å². The van der Waals surface area contributed by atoms with Crippen molar-refractivity contribution in [1.82, 2.24) is 0 Å². The zero-order valence-electron chi connectivity index (χ0n) is 10.7. The van der Waals surface area contributed by atoms with E-state index in [1.165, 1.54) is 30.6 Å². The standard InChI is InChI=1S/C12H26OSi/c1-7-9-10-11(3)12(8-2)13-14(4,5)6/h7-10H2,1-6H3. The first kappa shape index (κ1) is 13.8. The summed E-state index contributed by atoms with van der Waals surface area (Å²) in [5, 5.41) is 0. The Hall–Kier alpha value is -0.243. The highest BCUT2D eigenvalue weighted by molar-refractivity contribution is 6.70. The van der Waals surface area contributed by atoms with E-state index in [1.54, 1.807) is 0 Å². The first-order valence-corrected chi connectivity index (χ1v) is 9.19. The fraction of sp³-hybridized carbons (Fsp3) is 0.833. The highest BCUT2D eigenvalue weighted by Gasteiger charge is 2.17. The fourth-order valence-electron chi connectivity index (χ4n) is 1.41. The summed E-state index contributed by atoms with van der Waals surface area (Å²) in [6, 6.07) is 0. The monoisotopic (exact) mass is 214 g/mol. The molecule has 0 saturated carbocycles. The molecule has 0 rings (SSSR count). The van der Waals surface area contributed by atoms with Crippen molar-refractivity contribution in [2.24, 2.45) is 0 Å². The van der Waals surface area contributed by atoms with Crippen molar-refractivity contribution in [3.8, 4) is 0 Å². The Labute approximate surface area is 90.7 Å². The lowest BCUT2D eigenvalue weighted by Gasteiger charge is -2.23. The second kappa shape index (κ2) is 6.28. The molecule has 0 aromatic rings. The molecule has 2 heteroatoms. The van der Waals surface area contributed by atoms with E-state index in [1.807, 2.05) is 0 Å². The topological polar surface area (TPSA) is 9.23 Å². The summed E-state index contributed by atoms with van der Waals surface area (Å²) in [6.45, 7) is 13.4. The van der Waals surface area contributed by atoms with Gasteiger partial charge in [-0.2, -0.15) is 0 Å². The van der Waals surface area contributed by atoms with Gasteiger partial charge < -0.3 is 4.43 Å². The Morgan fingerprint density at radius 1 is 1.14 bits per heavy atom. The number of hydrogen-bond donors (Lipinski definition) is 0. The van der Waals surface area contributed by atoms with E-state index in [0.717, 1.165) is 6.42 Å². The summed E-state index contributed by atoms with van der Waals surface area (Å²) < 4.78 is 6.06. The molecule has 0 radical (unpaired) electrons. The Balaban J connectivity index is 4.35. The van der Waals surface area contributed by atoms with Crippen LogP contribution >= 0.6 is 0 Å². The Morgan fingerprint density at radius 2 is 1.71 bits per heavy atom. The minimum absolute atomic E-state index is 1.04. The van der Waals surface area contributed by atoms with E-state index < -0.39 is 8.32 Å². The SMILES string of the molecule is CCCCC(C)=C(CC)O[Si](C)(C)C. The van der Waals surface area contributed by atoms with Crippen LogP contribution < -0.4 is 0 Å². The Morgan fingerprint density at radius 3 is 2.07 bits per heavy atom. The van der Waals surface area contributed by atoms with Gasteiger partial charge in [0.15, 0.2) is 0 Å². The first-order chi connectivity index (χ1) is 6.40. The van der Waals surface area contributed by atoms with Crippen LogP contribution in [0, 0.1) is 0 Å². The van der Waals surface area contributed by atoms with Gasteiger partial charge in [0.2, 0.25) is 8.32 Å². The molecule has 0 aliphatic rings. The number of hydrogen-bond acceptors (Lipinski definition) is 1. The van der Waals surface area contributed by atoms with Crippen molar-refractivity contribution in [1.29, 1.82) is 0 Å². The van der Waals surface area contributed by atoms with Crippen LogP contribution in [0.25, 0.3) is 0 Å². The molecule has 0 aromatic carbocycles. The van der Waals surface area contributed by atoms with Crippen molar-refractivity contribution >= 4 is 8.32 Å². The van der Waals surface area contributed by atoms with Gasteiger partial charge >= 0.3 is 0 Å². The lowest BCUT2D eigenvalue weighted by Crippen LogP contribution is -2.25. The van der Waals surface area contributed by atoms with E-state index in [0.29, 0.717) is 0 Å². The molecule has 14 heavy (non-hydrogen) atoms. The van der Waals surface area contributed by atoms with Crippen LogP contribution in [0.5, 0.6) is 0 Å². The van der Waals surface area contributed by atoms with Crippen LogP contribution in [0.3, 0.4) is 0 Å². The zero-order chi connectivity index (χ0) is 11.2. The van der Waals surface area contributed by atoms with Crippen LogP contribution in [-0.4, -0.2) is 8.32 Å². The maximum Gasteiger partial charge on any atom is 0.241 e. The molecular weight excluding hydrogens is 188 g/mol. The van der Waals surface area contributed by atoms with E-state index >= 15 is 0 Å². The number of unbranched alkanes of at least 4 members (excludes halogenated alkanes) is 1.